The molecule has 0 spiro atoms. The van der Waals surface area contributed by atoms with Crippen LogP contribution in [-0.4, -0.2) is 45.1 Å². The highest BCUT2D eigenvalue weighted by atomic mass is 15.1. The van der Waals surface area contributed by atoms with E-state index in [4.69, 9.17) is 4.98 Å². The summed E-state index contributed by atoms with van der Waals surface area (Å²) in [6.45, 7) is 3.07. The van der Waals surface area contributed by atoms with Gasteiger partial charge in [0.15, 0.2) is 0 Å². The maximum absolute atomic E-state index is 4.79. The molecular weight excluding hydrogens is 406 g/mol. The third kappa shape index (κ3) is 4.34. The SMILES string of the molecule is Cc1nc2cnc3ccc(C#Cc4cccnc4)cc3c2n1-c1ccc(CCN(C)C)cc1. The predicted octanol–water partition coefficient (Wildman–Crippen LogP) is 4.78. The Morgan fingerprint density at radius 2 is 1.73 bits per heavy atom. The summed E-state index contributed by atoms with van der Waals surface area (Å²) in [5.41, 5.74) is 7.13. The molecule has 5 nitrogen and oxygen atoms in total. The van der Waals surface area contributed by atoms with E-state index >= 15 is 0 Å². The third-order valence-electron chi connectivity index (χ3n) is 5.70. The van der Waals surface area contributed by atoms with Crippen LogP contribution in [0.2, 0.25) is 0 Å². The normalized spacial score (nSPS) is 11.2. The first-order chi connectivity index (χ1) is 16.1. The zero-order valence-electron chi connectivity index (χ0n) is 19.1. The van der Waals surface area contributed by atoms with Crippen LogP contribution < -0.4 is 0 Å². The van der Waals surface area contributed by atoms with Crippen molar-refractivity contribution >= 4 is 21.9 Å². The van der Waals surface area contributed by atoms with Gasteiger partial charge in [0.25, 0.3) is 0 Å². The quantitative estimate of drug-likeness (QED) is 0.384. The summed E-state index contributed by atoms with van der Waals surface area (Å²) in [7, 11) is 4.20. The number of fused-ring (bicyclic) bond motifs is 3. The van der Waals surface area contributed by atoms with Crippen LogP contribution >= 0.6 is 0 Å². The number of pyridine rings is 2. The fraction of sp³-hybridized carbons (Fsp3) is 0.179. The number of aryl methyl sites for hydroxylation is 1. The summed E-state index contributed by atoms with van der Waals surface area (Å²) < 4.78 is 2.22. The van der Waals surface area contributed by atoms with E-state index in [1.807, 2.05) is 37.4 Å². The molecule has 0 saturated carbocycles. The molecule has 0 bridgehead atoms. The molecule has 5 rings (SSSR count). The molecule has 5 heteroatoms. The fourth-order valence-electron chi connectivity index (χ4n) is 4.01. The topological polar surface area (TPSA) is 46.8 Å². The van der Waals surface area contributed by atoms with Gasteiger partial charge in [-0.1, -0.05) is 24.0 Å². The summed E-state index contributed by atoms with van der Waals surface area (Å²) >= 11 is 0. The summed E-state index contributed by atoms with van der Waals surface area (Å²) in [5.74, 6) is 7.39. The van der Waals surface area contributed by atoms with E-state index in [2.05, 4.69) is 75.7 Å². The number of hydrogen-bond donors (Lipinski definition) is 0. The molecule has 2 aromatic carbocycles. The van der Waals surface area contributed by atoms with Gasteiger partial charge in [-0.15, -0.1) is 0 Å². The molecular formula is C28H25N5. The Kier molecular flexibility index (Phi) is 5.60. The van der Waals surface area contributed by atoms with Crippen molar-refractivity contribution in [1.29, 1.82) is 0 Å². The van der Waals surface area contributed by atoms with Gasteiger partial charge in [-0.25, -0.2) is 4.98 Å². The molecule has 33 heavy (non-hydrogen) atoms. The Hall–Kier alpha value is -4.01. The number of benzene rings is 2. The van der Waals surface area contributed by atoms with Crippen molar-refractivity contribution in [3.05, 3.63) is 95.7 Å². The summed E-state index contributed by atoms with van der Waals surface area (Å²) in [4.78, 5) is 15.8. The van der Waals surface area contributed by atoms with Crippen LogP contribution in [0.15, 0.2) is 73.2 Å². The lowest BCUT2D eigenvalue weighted by atomic mass is 10.1. The highest BCUT2D eigenvalue weighted by molar-refractivity contribution is 6.03. The van der Waals surface area contributed by atoms with Gasteiger partial charge in [0.1, 0.15) is 11.3 Å². The van der Waals surface area contributed by atoms with Gasteiger partial charge in [0.2, 0.25) is 0 Å². The standard InChI is InChI=1S/C28H25N5/c1-20-31-27-19-30-26-13-10-22(6-7-23-5-4-15-29-18-23)17-25(26)28(27)33(20)24-11-8-21(9-12-24)14-16-32(2)3/h4-5,8-13,15,17-19H,14,16H2,1-3H3. The zero-order valence-corrected chi connectivity index (χ0v) is 19.1. The van der Waals surface area contributed by atoms with E-state index in [9.17, 15) is 0 Å². The maximum atomic E-state index is 4.79. The van der Waals surface area contributed by atoms with Crippen molar-refractivity contribution in [2.45, 2.75) is 13.3 Å². The van der Waals surface area contributed by atoms with Gasteiger partial charge < -0.3 is 4.90 Å². The number of imidazole rings is 1. The summed E-state index contributed by atoms with van der Waals surface area (Å²) in [6.07, 6.45) is 6.41. The molecule has 0 unspecified atom stereocenters. The number of nitrogens with zero attached hydrogens (tertiary/aromatic N) is 5. The predicted molar refractivity (Wildman–Crippen MR) is 134 cm³/mol. The monoisotopic (exact) mass is 431 g/mol. The van der Waals surface area contributed by atoms with E-state index in [1.54, 1.807) is 12.4 Å². The van der Waals surface area contributed by atoms with E-state index in [0.717, 1.165) is 57.5 Å². The van der Waals surface area contributed by atoms with Crippen LogP contribution in [0.4, 0.5) is 0 Å². The molecule has 0 fully saturated rings. The first kappa shape index (κ1) is 20.9. The molecule has 0 atom stereocenters. The highest BCUT2D eigenvalue weighted by Crippen LogP contribution is 2.28. The van der Waals surface area contributed by atoms with Crippen LogP contribution in [0.5, 0.6) is 0 Å². The van der Waals surface area contributed by atoms with Crippen molar-refractivity contribution < 1.29 is 0 Å². The smallest absolute Gasteiger partial charge is 0.111 e. The first-order valence-electron chi connectivity index (χ1n) is 11.0. The average molecular weight is 432 g/mol. The van der Waals surface area contributed by atoms with Crippen LogP contribution in [0.25, 0.3) is 27.6 Å². The Morgan fingerprint density at radius 1 is 0.909 bits per heavy atom. The minimum Gasteiger partial charge on any atom is -0.309 e. The zero-order chi connectivity index (χ0) is 22.8. The molecule has 3 heterocycles. The molecule has 3 aromatic heterocycles. The largest absolute Gasteiger partial charge is 0.309 e. The number of likely N-dealkylation sites (N-methyl/N-ethyl adjacent to an activating group) is 1. The number of rotatable bonds is 4. The van der Waals surface area contributed by atoms with Gasteiger partial charge in [-0.3, -0.25) is 14.5 Å². The number of hydrogen-bond acceptors (Lipinski definition) is 4. The Bertz CT molecular complexity index is 1490. The molecule has 0 amide bonds. The van der Waals surface area contributed by atoms with Crippen LogP contribution in [0, 0.1) is 18.8 Å². The minimum atomic E-state index is 0.883. The summed E-state index contributed by atoms with van der Waals surface area (Å²) in [6, 6.07) is 18.8. The molecule has 0 radical (unpaired) electrons. The Balaban J connectivity index is 1.60. The molecule has 5 aromatic rings. The second-order valence-corrected chi connectivity index (χ2v) is 8.43. The molecule has 0 aliphatic carbocycles. The second kappa shape index (κ2) is 8.85. The Labute approximate surface area is 193 Å². The van der Waals surface area contributed by atoms with Gasteiger partial charge in [-0.2, -0.15) is 0 Å². The van der Waals surface area contributed by atoms with E-state index in [1.165, 1.54) is 5.56 Å². The molecule has 0 N–H and O–H groups in total. The van der Waals surface area contributed by atoms with E-state index in [-0.39, 0.29) is 0 Å². The lowest BCUT2D eigenvalue weighted by Crippen LogP contribution is -2.15. The minimum absolute atomic E-state index is 0.883. The van der Waals surface area contributed by atoms with Crippen molar-refractivity contribution in [3.63, 3.8) is 0 Å². The van der Waals surface area contributed by atoms with Gasteiger partial charge >= 0.3 is 0 Å². The average Bonchev–Trinajstić information content (AvgIpc) is 3.18. The van der Waals surface area contributed by atoms with Crippen molar-refractivity contribution in [2.24, 2.45) is 0 Å². The molecule has 0 saturated heterocycles. The maximum Gasteiger partial charge on any atom is 0.111 e. The van der Waals surface area contributed by atoms with Gasteiger partial charge in [0.05, 0.1) is 17.2 Å². The van der Waals surface area contributed by atoms with Crippen molar-refractivity contribution in [1.82, 2.24) is 24.4 Å². The fourth-order valence-corrected chi connectivity index (χ4v) is 4.01. The summed E-state index contributed by atoms with van der Waals surface area (Å²) in [5, 5.41) is 1.04. The van der Waals surface area contributed by atoms with Crippen LogP contribution in [0.1, 0.15) is 22.5 Å². The van der Waals surface area contributed by atoms with Crippen LogP contribution in [-0.2, 0) is 6.42 Å². The second-order valence-electron chi connectivity index (χ2n) is 8.43. The van der Waals surface area contributed by atoms with Gasteiger partial charge in [-0.05, 0) is 75.5 Å². The van der Waals surface area contributed by atoms with Crippen molar-refractivity contribution in [3.8, 4) is 17.5 Å². The lowest BCUT2D eigenvalue weighted by Gasteiger charge is -2.12. The van der Waals surface area contributed by atoms with E-state index in [0.29, 0.717) is 0 Å². The van der Waals surface area contributed by atoms with Crippen molar-refractivity contribution in [2.75, 3.05) is 20.6 Å². The van der Waals surface area contributed by atoms with Crippen LogP contribution in [0.3, 0.4) is 0 Å². The molecule has 162 valence electrons. The third-order valence-corrected chi connectivity index (χ3v) is 5.70. The van der Waals surface area contributed by atoms with Gasteiger partial charge in [0, 0.05) is 41.1 Å². The number of aromatic nitrogens is 4. The molecule has 0 aliphatic heterocycles. The highest BCUT2D eigenvalue weighted by Gasteiger charge is 2.14. The first-order valence-corrected chi connectivity index (χ1v) is 11.0. The Morgan fingerprint density at radius 3 is 2.48 bits per heavy atom. The molecule has 0 aliphatic rings. The lowest BCUT2D eigenvalue weighted by molar-refractivity contribution is 0.413. The van der Waals surface area contributed by atoms with E-state index < -0.39 is 0 Å².